The molecule has 0 saturated heterocycles. The van der Waals surface area contributed by atoms with E-state index in [9.17, 15) is 8.78 Å². The first-order chi connectivity index (χ1) is 8.99. The fraction of sp³-hybridized carbons (Fsp3) is 0.231. The van der Waals surface area contributed by atoms with Gasteiger partial charge in [0.25, 0.3) is 0 Å². The number of hydrogen-bond donors (Lipinski definition) is 1. The van der Waals surface area contributed by atoms with E-state index in [0.29, 0.717) is 4.47 Å². The van der Waals surface area contributed by atoms with Crippen molar-refractivity contribution in [3.8, 4) is 5.75 Å². The van der Waals surface area contributed by atoms with Crippen molar-refractivity contribution in [1.82, 2.24) is 0 Å². The van der Waals surface area contributed by atoms with Crippen molar-refractivity contribution in [1.29, 1.82) is 0 Å². The van der Waals surface area contributed by atoms with Crippen LogP contribution in [-0.4, -0.2) is 6.04 Å². The number of benzene rings is 1. The molecule has 0 aliphatic rings. The second-order valence-corrected chi connectivity index (χ2v) is 5.85. The van der Waals surface area contributed by atoms with E-state index in [1.54, 1.807) is 6.92 Å². The summed E-state index contributed by atoms with van der Waals surface area (Å²) in [5, 5.41) is 3.76. The van der Waals surface area contributed by atoms with E-state index in [1.165, 1.54) is 17.4 Å². The van der Waals surface area contributed by atoms with Crippen LogP contribution in [-0.2, 0) is 0 Å². The minimum atomic E-state index is -1.01. The lowest BCUT2D eigenvalue weighted by molar-refractivity contribution is 0.171. The van der Waals surface area contributed by atoms with Gasteiger partial charge in [-0.15, -0.1) is 0 Å². The summed E-state index contributed by atoms with van der Waals surface area (Å²) in [6, 6.07) is 3.94. The van der Waals surface area contributed by atoms with Gasteiger partial charge < -0.3 is 10.5 Å². The van der Waals surface area contributed by atoms with Gasteiger partial charge in [-0.2, -0.15) is 15.7 Å². The Morgan fingerprint density at radius 2 is 2.11 bits per heavy atom. The van der Waals surface area contributed by atoms with E-state index >= 15 is 0 Å². The molecule has 2 N–H and O–H groups in total. The van der Waals surface area contributed by atoms with Crippen molar-refractivity contribution < 1.29 is 13.5 Å². The van der Waals surface area contributed by atoms with Gasteiger partial charge in [0.05, 0.1) is 0 Å². The average molecular weight is 348 g/mol. The Labute approximate surface area is 122 Å². The molecule has 6 heteroatoms. The van der Waals surface area contributed by atoms with Crippen molar-refractivity contribution in [2.75, 3.05) is 0 Å². The first-order valence-electron chi connectivity index (χ1n) is 5.58. The topological polar surface area (TPSA) is 35.2 Å². The Bertz CT molecular complexity index is 560. The fourth-order valence-corrected chi connectivity index (χ4v) is 2.76. The second-order valence-electron chi connectivity index (χ2n) is 4.15. The summed E-state index contributed by atoms with van der Waals surface area (Å²) in [6.45, 7) is 1.76. The van der Waals surface area contributed by atoms with Crippen LogP contribution in [0.3, 0.4) is 0 Å². The molecule has 0 aliphatic heterocycles. The minimum Gasteiger partial charge on any atom is -0.481 e. The van der Waals surface area contributed by atoms with Gasteiger partial charge in [0, 0.05) is 16.1 Å². The summed E-state index contributed by atoms with van der Waals surface area (Å²) >= 11 is 4.60. The highest BCUT2D eigenvalue weighted by atomic mass is 79.9. The molecule has 1 aromatic heterocycles. The Balaban J connectivity index is 2.33. The highest BCUT2D eigenvalue weighted by molar-refractivity contribution is 9.10. The maximum Gasteiger partial charge on any atom is 0.200 e. The molecule has 1 aromatic carbocycles. The molecular formula is C13H12BrF2NOS. The second kappa shape index (κ2) is 5.98. The van der Waals surface area contributed by atoms with Crippen LogP contribution in [0.4, 0.5) is 8.78 Å². The third kappa shape index (κ3) is 3.32. The largest absolute Gasteiger partial charge is 0.481 e. The summed E-state index contributed by atoms with van der Waals surface area (Å²) in [5.41, 5.74) is 6.70. The lowest BCUT2D eigenvalue weighted by Gasteiger charge is -2.22. The smallest absolute Gasteiger partial charge is 0.200 e. The highest BCUT2D eigenvalue weighted by Crippen LogP contribution is 2.31. The molecule has 0 amide bonds. The average Bonchev–Trinajstić information content (AvgIpc) is 2.84. The molecule has 19 heavy (non-hydrogen) atoms. The van der Waals surface area contributed by atoms with Crippen LogP contribution in [0.25, 0.3) is 0 Å². The van der Waals surface area contributed by atoms with Gasteiger partial charge in [-0.3, -0.25) is 0 Å². The zero-order valence-corrected chi connectivity index (χ0v) is 12.5. The monoisotopic (exact) mass is 347 g/mol. The third-order valence-electron chi connectivity index (χ3n) is 2.56. The Hall–Kier alpha value is -0.980. The number of hydrogen-bond acceptors (Lipinski definition) is 3. The normalized spacial score (nSPS) is 14.2. The molecule has 2 nitrogen and oxygen atoms in total. The Morgan fingerprint density at radius 3 is 2.68 bits per heavy atom. The number of ether oxygens (including phenoxy) is 1. The maximum absolute atomic E-state index is 13.7. The van der Waals surface area contributed by atoms with Crippen molar-refractivity contribution >= 4 is 27.3 Å². The predicted molar refractivity (Wildman–Crippen MR) is 75.4 cm³/mol. The van der Waals surface area contributed by atoms with Crippen molar-refractivity contribution in [3.63, 3.8) is 0 Å². The standard InChI is InChI=1S/C13H12BrF2NOS/c1-7(17)13(8-2-3-19-6-8)18-11-5-9(14)4-10(15)12(11)16/h2-7,13H,17H2,1H3. The van der Waals surface area contributed by atoms with Crippen molar-refractivity contribution in [2.24, 2.45) is 5.73 Å². The van der Waals surface area contributed by atoms with Gasteiger partial charge in [-0.1, -0.05) is 15.9 Å². The molecule has 2 aromatic rings. The summed E-state index contributed by atoms with van der Waals surface area (Å²) in [4.78, 5) is 0. The van der Waals surface area contributed by atoms with Crippen molar-refractivity contribution in [3.05, 3.63) is 50.6 Å². The third-order valence-corrected chi connectivity index (χ3v) is 3.72. The van der Waals surface area contributed by atoms with E-state index in [1.807, 2.05) is 16.8 Å². The fourth-order valence-electron chi connectivity index (χ4n) is 1.67. The van der Waals surface area contributed by atoms with Gasteiger partial charge in [-0.05, 0) is 35.9 Å². The summed E-state index contributed by atoms with van der Waals surface area (Å²) in [7, 11) is 0. The molecule has 0 spiro atoms. The van der Waals surface area contributed by atoms with Gasteiger partial charge in [0.1, 0.15) is 6.10 Å². The molecule has 2 unspecified atom stereocenters. The predicted octanol–water partition coefficient (Wildman–Crippen LogP) is 4.26. The highest BCUT2D eigenvalue weighted by Gasteiger charge is 2.22. The van der Waals surface area contributed by atoms with Crippen LogP contribution >= 0.6 is 27.3 Å². The summed E-state index contributed by atoms with van der Waals surface area (Å²) < 4.78 is 33.0. The molecule has 0 fully saturated rings. The molecular weight excluding hydrogens is 336 g/mol. The molecule has 2 rings (SSSR count). The molecule has 0 radical (unpaired) electrons. The first-order valence-corrected chi connectivity index (χ1v) is 7.31. The summed E-state index contributed by atoms with van der Waals surface area (Å²) in [6.07, 6.45) is -0.519. The van der Waals surface area contributed by atoms with E-state index in [4.69, 9.17) is 10.5 Å². The molecule has 0 saturated carbocycles. The molecule has 102 valence electrons. The molecule has 0 aliphatic carbocycles. The molecule has 2 atom stereocenters. The van der Waals surface area contributed by atoms with Crippen LogP contribution in [0.2, 0.25) is 0 Å². The van der Waals surface area contributed by atoms with Gasteiger partial charge in [0.2, 0.25) is 5.82 Å². The van der Waals surface area contributed by atoms with Gasteiger partial charge in [-0.25, -0.2) is 4.39 Å². The lowest BCUT2D eigenvalue weighted by Crippen LogP contribution is -2.29. The van der Waals surface area contributed by atoms with E-state index in [0.717, 1.165) is 11.6 Å². The molecule has 1 heterocycles. The minimum absolute atomic E-state index is 0.152. The van der Waals surface area contributed by atoms with E-state index in [-0.39, 0.29) is 11.8 Å². The van der Waals surface area contributed by atoms with Crippen LogP contribution in [0.15, 0.2) is 33.4 Å². The van der Waals surface area contributed by atoms with Crippen LogP contribution in [0.1, 0.15) is 18.6 Å². The quantitative estimate of drug-likeness (QED) is 0.838. The van der Waals surface area contributed by atoms with Crippen LogP contribution in [0, 0.1) is 11.6 Å². The first kappa shape index (κ1) is 14.4. The number of rotatable bonds is 4. The maximum atomic E-state index is 13.7. The van der Waals surface area contributed by atoms with E-state index < -0.39 is 17.7 Å². The lowest BCUT2D eigenvalue weighted by atomic mass is 10.1. The van der Waals surface area contributed by atoms with Crippen molar-refractivity contribution in [2.45, 2.75) is 19.1 Å². The SMILES string of the molecule is CC(N)C(Oc1cc(Br)cc(F)c1F)c1ccsc1. The van der Waals surface area contributed by atoms with Gasteiger partial charge >= 0.3 is 0 Å². The number of thiophene rings is 1. The van der Waals surface area contributed by atoms with Gasteiger partial charge in [0.15, 0.2) is 11.6 Å². The number of nitrogens with two attached hydrogens (primary N) is 1. The van der Waals surface area contributed by atoms with Crippen LogP contribution in [0.5, 0.6) is 5.75 Å². The Kier molecular flexibility index (Phi) is 4.54. The zero-order valence-electron chi connectivity index (χ0n) is 10.1. The van der Waals surface area contributed by atoms with E-state index in [2.05, 4.69) is 15.9 Å². The molecule has 0 bridgehead atoms. The van der Waals surface area contributed by atoms with Crippen LogP contribution < -0.4 is 10.5 Å². The number of halogens is 3. The summed E-state index contributed by atoms with van der Waals surface area (Å²) in [5.74, 6) is -2.12. The Morgan fingerprint density at radius 1 is 1.37 bits per heavy atom. The zero-order chi connectivity index (χ0) is 14.0.